The molecule has 2 bridgehead atoms. The van der Waals surface area contributed by atoms with E-state index < -0.39 is 16.8 Å². The molecule has 0 saturated carbocycles. The van der Waals surface area contributed by atoms with Crippen molar-refractivity contribution >= 4 is 35.3 Å². The number of amides is 2. The number of imide groups is 1. The molecule has 1 heterocycles. The van der Waals surface area contributed by atoms with E-state index in [1.165, 1.54) is 18.3 Å². The lowest BCUT2D eigenvalue weighted by Gasteiger charge is -2.45. The number of benzene rings is 3. The van der Waals surface area contributed by atoms with E-state index in [1.807, 2.05) is 48.5 Å². The van der Waals surface area contributed by atoms with Crippen LogP contribution in [-0.4, -0.2) is 28.0 Å². The quantitative estimate of drug-likeness (QED) is 0.251. The molecule has 1 saturated heterocycles. The Morgan fingerprint density at radius 3 is 1.79 bits per heavy atom. The van der Waals surface area contributed by atoms with Gasteiger partial charge in [0.1, 0.15) is 5.02 Å². The van der Waals surface area contributed by atoms with Gasteiger partial charge in [0.25, 0.3) is 17.5 Å². The number of nitrogens with zero attached hydrogens (tertiary/aromatic N) is 3. The zero-order chi connectivity index (χ0) is 22.9. The first-order valence-electron chi connectivity index (χ1n) is 10.5. The molecule has 7 nitrogen and oxygen atoms in total. The number of carbonyl (C=O) groups is 2. The second kappa shape index (κ2) is 7.08. The predicted molar refractivity (Wildman–Crippen MR) is 121 cm³/mol. The smallest absolute Gasteiger partial charge is 0.272 e. The first-order chi connectivity index (χ1) is 16.0. The van der Waals surface area contributed by atoms with Crippen molar-refractivity contribution in [3.8, 4) is 0 Å². The Morgan fingerprint density at radius 2 is 1.33 bits per heavy atom. The number of nitro groups is 1. The zero-order valence-corrected chi connectivity index (χ0v) is 17.8. The molecule has 3 aromatic carbocycles. The second-order valence-electron chi connectivity index (χ2n) is 8.47. The van der Waals surface area contributed by atoms with E-state index in [2.05, 4.69) is 5.10 Å². The van der Waals surface area contributed by atoms with Gasteiger partial charge in [0.15, 0.2) is 0 Å². The van der Waals surface area contributed by atoms with Crippen LogP contribution >= 0.6 is 11.6 Å². The molecule has 0 spiro atoms. The van der Waals surface area contributed by atoms with Gasteiger partial charge in [-0.2, -0.15) is 10.1 Å². The number of carbonyl (C=O) groups excluding carboxylic acids is 2. The molecule has 0 radical (unpaired) electrons. The van der Waals surface area contributed by atoms with Crippen molar-refractivity contribution in [1.82, 2.24) is 5.01 Å². The second-order valence-corrected chi connectivity index (χ2v) is 8.87. The Hall–Kier alpha value is -3.84. The van der Waals surface area contributed by atoms with Gasteiger partial charge in [-0.3, -0.25) is 19.7 Å². The van der Waals surface area contributed by atoms with Crippen LogP contribution in [0.4, 0.5) is 5.69 Å². The third-order valence-electron chi connectivity index (χ3n) is 6.91. The standard InChI is InChI=1S/C25H16ClN3O4/c26-18-10-9-13(11-19(18)29(32)33)12-27-28-24(30)22-20-14-5-1-2-6-15(14)21(23(22)25(28)31)17-8-4-3-7-16(17)20/h1-12,20-23H/b27-12-/t20?,21?,22-,23+. The topological polar surface area (TPSA) is 92.9 Å². The molecule has 2 atom stereocenters. The third-order valence-corrected chi connectivity index (χ3v) is 7.23. The maximum atomic E-state index is 13.5. The van der Waals surface area contributed by atoms with Crippen LogP contribution in [0.3, 0.4) is 0 Å². The van der Waals surface area contributed by atoms with E-state index in [4.69, 9.17) is 11.6 Å². The Balaban J connectivity index is 1.41. The van der Waals surface area contributed by atoms with Gasteiger partial charge in [-0.1, -0.05) is 66.2 Å². The van der Waals surface area contributed by atoms with E-state index in [0.717, 1.165) is 27.3 Å². The minimum absolute atomic E-state index is 0.00333. The number of nitro benzene ring substituents is 1. The predicted octanol–water partition coefficient (Wildman–Crippen LogP) is 4.47. The third kappa shape index (κ3) is 2.72. The van der Waals surface area contributed by atoms with Crippen molar-refractivity contribution in [3.63, 3.8) is 0 Å². The average Bonchev–Trinajstić information content (AvgIpc) is 3.08. The summed E-state index contributed by atoms with van der Waals surface area (Å²) in [7, 11) is 0. The summed E-state index contributed by atoms with van der Waals surface area (Å²) in [6, 6.07) is 20.2. The van der Waals surface area contributed by atoms with Crippen LogP contribution in [0.1, 0.15) is 39.7 Å². The summed E-state index contributed by atoms with van der Waals surface area (Å²) in [5, 5.41) is 16.3. The number of halogens is 1. The molecule has 3 aliphatic carbocycles. The van der Waals surface area contributed by atoms with Crippen LogP contribution in [0.25, 0.3) is 0 Å². The SMILES string of the molecule is O=C1[C@@H]2C3c4ccccc4C(c4ccccc43)[C@@H]2C(=O)N1/N=C\c1ccc(Cl)c([N+](=O)[O-])c1. The lowest BCUT2D eigenvalue weighted by atomic mass is 9.55. The Bertz CT molecular complexity index is 1290. The molecule has 0 aromatic heterocycles. The van der Waals surface area contributed by atoms with Gasteiger partial charge < -0.3 is 0 Å². The van der Waals surface area contributed by atoms with Gasteiger partial charge in [0.05, 0.1) is 23.0 Å². The highest BCUT2D eigenvalue weighted by Crippen LogP contribution is 2.60. The summed E-state index contributed by atoms with van der Waals surface area (Å²) in [6.45, 7) is 0. The molecule has 3 aromatic rings. The molecule has 1 aliphatic heterocycles. The minimum atomic E-state index is -0.591. The number of hydrazone groups is 1. The van der Waals surface area contributed by atoms with Crippen molar-refractivity contribution in [1.29, 1.82) is 0 Å². The summed E-state index contributed by atoms with van der Waals surface area (Å²) < 4.78 is 0. The van der Waals surface area contributed by atoms with Gasteiger partial charge >= 0.3 is 0 Å². The van der Waals surface area contributed by atoms with Crippen molar-refractivity contribution < 1.29 is 14.5 Å². The molecule has 162 valence electrons. The fraction of sp³-hybridized carbons (Fsp3) is 0.160. The summed E-state index contributed by atoms with van der Waals surface area (Å²) in [5.41, 5.74) is 4.45. The molecular weight excluding hydrogens is 442 g/mol. The van der Waals surface area contributed by atoms with Crippen LogP contribution in [0.2, 0.25) is 5.02 Å². The van der Waals surface area contributed by atoms with E-state index in [0.29, 0.717) is 5.56 Å². The van der Waals surface area contributed by atoms with E-state index in [1.54, 1.807) is 6.07 Å². The van der Waals surface area contributed by atoms with Crippen molar-refractivity contribution in [2.75, 3.05) is 0 Å². The summed E-state index contributed by atoms with van der Waals surface area (Å²) in [5.74, 6) is -2.15. The largest absolute Gasteiger partial charge is 0.288 e. The van der Waals surface area contributed by atoms with Gasteiger partial charge in [-0.15, -0.1) is 0 Å². The molecule has 8 heteroatoms. The van der Waals surface area contributed by atoms with Gasteiger partial charge in [-0.25, -0.2) is 0 Å². The molecule has 33 heavy (non-hydrogen) atoms. The average molecular weight is 458 g/mol. The maximum absolute atomic E-state index is 13.5. The summed E-state index contributed by atoms with van der Waals surface area (Å²) in [4.78, 5) is 37.5. The minimum Gasteiger partial charge on any atom is -0.272 e. The first kappa shape index (κ1) is 19.8. The molecule has 1 fully saturated rings. The number of hydrogen-bond acceptors (Lipinski definition) is 5. The number of rotatable bonds is 3. The highest BCUT2D eigenvalue weighted by atomic mass is 35.5. The monoisotopic (exact) mass is 457 g/mol. The lowest BCUT2D eigenvalue weighted by molar-refractivity contribution is -0.384. The van der Waals surface area contributed by atoms with Crippen LogP contribution in [0.5, 0.6) is 0 Å². The molecule has 7 rings (SSSR count). The molecular formula is C25H16ClN3O4. The highest BCUT2D eigenvalue weighted by molar-refractivity contribution is 6.32. The Kier molecular flexibility index (Phi) is 4.25. The van der Waals surface area contributed by atoms with Gasteiger partial charge in [-0.05, 0) is 28.3 Å². The zero-order valence-electron chi connectivity index (χ0n) is 17.1. The van der Waals surface area contributed by atoms with Gasteiger partial charge in [0.2, 0.25) is 0 Å². The van der Waals surface area contributed by atoms with Crippen molar-refractivity contribution in [2.45, 2.75) is 11.8 Å². The fourth-order valence-corrected chi connectivity index (χ4v) is 5.84. The normalized spacial score (nSPS) is 24.7. The van der Waals surface area contributed by atoms with E-state index in [9.17, 15) is 19.7 Å². The van der Waals surface area contributed by atoms with Crippen LogP contribution in [-0.2, 0) is 9.59 Å². The Morgan fingerprint density at radius 1 is 0.848 bits per heavy atom. The van der Waals surface area contributed by atoms with Crippen LogP contribution < -0.4 is 0 Å². The molecule has 4 aliphatic rings. The van der Waals surface area contributed by atoms with Crippen LogP contribution in [0, 0.1) is 22.0 Å². The van der Waals surface area contributed by atoms with Crippen molar-refractivity contribution in [3.05, 3.63) is 110 Å². The maximum Gasteiger partial charge on any atom is 0.288 e. The molecule has 0 N–H and O–H groups in total. The lowest BCUT2D eigenvalue weighted by Crippen LogP contribution is -2.41. The summed E-state index contributed by atoms with van der Waals surface area (Å²) in [6.07, 6.45) is 1.29. The number of hydrogen-bond donors (Lipinski definition) is 0. The van der Waals surface area contributed by atoms with Gasteiger partial charge in [0, 0.05) is 23.5 Å². The van der Waals surface area contributed by atoms with E-state index >= 15 is 0 Å². The highest BCUT2D eigenvalue weighted by Gasteiger charge is 2.61. The Labute approximate surface area is 193 Å². The summed E-state index contributed by atoms with van der Waals surface area (Å²) >= 11 is 5.87. The fourth-order valence-electron chi connectivity index (χ4n) is 5.65. The first-order valence-corrected chi connectivity index (χ1v) is 10.9. The van der Waals surface area contributed by atoms with Crippen LogP contribution in [0.15, 0.2) is 71.8 Å². The molecule has 0 unspecified atom stereocenters. The van der Waals surface area contributed by atoms with E-state index in [-0.39, 0.29) is 34.4 Å². The van der Waals surface area contributed by atoms with Crippen molar-refractivity contribution in [2.24, 2.45) is 16.9 Å². The molecule has 2 amide bonds.